The molecule has 3 aliphatic heterocycles. The Hall–Kier alpha value is -1.89. The summed E-state index contributed by atoms with van der Waals surface area (Å²) in [5.41, 5.74) is -1.88. The summed E-state index contributed by atoms with van der Waals surface area (Å²) in [5, 5.41) is 6.46. The molecule has 0 aromatic heterocycles. The van der Waals surface area contributed by atoms with Gasteiger partial charge in [-0.15, -0.1) is 0 Å². The molecule has 0 aromatic rings. The van der Waals surface area contributed by atoms with Crippen LogP contribution >= 0.6 is 0 Å². The zero-order chi connectivity index (χ0) is 22.1. The summed E-state index contributed by atoms with van der Waals surface area (Å²) in [6.07, 6.45) is 15.4. The van der Waals surface area contributed by atoms with Gasteiger partial charge in [0.15, 0.2) is 0 Å². The van der Waals surface area contributed by atoms with Crippen LogP contribution in [0.5, 0.6) is 0 Å². The molecule has 2 bridgehead atoms. The first-order chi connectivity index (χ1) is 15.4. The van der Waals surface area contributed by atoms with Gasteiger partial charge in [-0.3, -0.25) is 14.4 Å². The summed E-state index contributed by atoms with van der Waals surface area (Å²) in [6, 6.07) is -0.236. The largest absolute Gasteiger partial charge is 0.356 e. The third kappa shape index (κ3) is 2.99. The molecule has 0 radical (unpaired) electrons. The summed E-state index contributed by atoms with van der Waals surface area (Å²) < 4.78 is 6.58. The van der Waals surface area contributed by atoms with Gasteiger partial charge < -0.3 is 20.3 Å². The monoisotopic (exact) mass is 441 g/mol. The smallest absolute Gasteiger partial charge is 0.246 e. The van der Waals surface area contributed by atoms with Gasteiger partial charge in [-0.05, 0) is 45.4 Å². The highest BCUT2D eigenvalue weighted by atomic mass is 16.5. The van der Waals surface area contributed by atoms with Crippen molar-refractivity contribution < 1.29 is 19.1 Å². The molecule has 6 rings (SSSR count). The Kier molecular flexibility index (Phi) is 4.73. The Morgan fingerprint density at radius 3 is 2.12 bits per heavy atom. The van der Waals surface area contributed by atoms with Crippen LogP contribution in [0.3, 0.4) is 0 Å². The molecule has 174 valence electrons. The van der Waals surface area contributed by atoms with Crippen molar-refractivity contribution in [2.45, 2.75) is 113 Å². The van der Waals surface area contributed by atoms with E-state index in [1.54, 1.807) is 4.90 Å². The minimum Gasteiger partial charge on any atom is -0.356 e. The van der Waals surface area contributed by atoms with Crippen LogP contribution in [0.25, 0.3) is 0 Å². The summed E-state index contributed by atoms with van der Waals surface area (Å²) in [6.45, 7) is 1.91. The third-order valence-corrected chi connectivity index (χ3v) is 8.86. The van der Waals surface area contributed by atoms with Crippen LogP contribution in [-0.4, -0.2) is 58.0 Å². The highest BCUT2D eigenvalue weighted by Crippen LogP contribution is 2.61. The molecule has 3 aliphatic carbocycles. The third-order valence-electron chi connectivity index (χ3n) is 8.86. The minimum absolute atomic E-state index is 0.0732. The Labute approximate surface area is 189 Å². The predicted molar refractivity (Wildman–Crippen MR) is 117 cm³/mol. The first kappa shape index (κ1) is 20.7. The second-order valence-corrected chi connectivity index (χ2v) is 11.1. The molecular weight excluding hydrogens is 406 g/mol. The number of carbonyl (C=O) groups is 3. The van der Waals surface area contributed by atoms with Crippen LogP contribution in [0.15, 0.2) is 12.2 Å². The second-order valence-electron chi connectivity index (χ2n) is 11.1. The molecule has 5 atom stereocenters. The average Bonchev–Trinajstić information content (AvgIpc) is 3.13. The van der Waals surface area contributed by atoms with Gasteiger partial charge in [-0.2, -0.15) is 0 Å². The number of amides is 3. The zero-order valence-electron chi connectivity index (χ0n) is 19.0. The molecule has 2 N–H and O–H groups in total. The predicted octanol–water partition coefficient (Wildman–Crippen LogP) is 2.20. The van der Waals surface area contributed by atoms with Crippen molar-refractivity contribution in [3.8, 4) is 0 Å². The van der Waals surface area contributed by atoms with E-state index >= 15 is 0 Å². The maximum absolute atomic E-state index is 13.8. The van der Waals surface area contributed by atoms with Crippen LogP contribution in [0.2, 0.25) is 0 Å². The number of fused-ring (bicyclic) bond motifs is 1. The average molecular weight is 442 g/mol. The van der Waals surface area contributed by atoms with E-state index < -0.39 is 29.1 Å². The van der Waals surface area contributed by atoms with Gasteiger partial charge in [0, 0.05) is 18.1 Å². The van der Waals surface area contributed by atoms with E-state index in [2.05, 4.69) is 10.6 Å². The van der Waals surface area contributed by atoms with E-state index in [-0.39, 0.29) is 35.8 Å². The van der Waals surface area contributed by atoms with E-state index in [0.29, 0.717) is 0 Å². The lowest BCUT2D eigenvalue weighted by Gasteiger charge is -2.34. The standard InChI is InChI=1S/C25H35N3O4/c1-24-13-14-25(32-24)19(18(24)21(29)26-15-7-3-2-4-8-15)23(31)28(17-11-12-17)20(25)22(30)27-16-9-5-6-10-16/h13-20H,2-12H2,1H3,(H,26,29)(H,27,30)/t18-,19+,20+,24+,25-/m1/s1. The fraction of sp³-hybridized carbons (Fsp3) is 0.800. The molecule has 2 saturated heterocycles. The number of ether oxygens (including phenoxy) is 1. The van der Waals surface area contributed by atoms with Crippen LogP contribution in [0.1, 0.15) is 77.6 Å². The van der Waals surface area contributed by atoms with Crippen molar-refractivity contribution in [1.29, 1.82) is 0 Å². The van der Waals surface area contributed by atoms with Crippen molar-refractivity contribution in [1.82, 2.24) is 15.5 Å². The van der Waals surface area contributed by atoms with Gasteiger partial charge in [0.1, 0.15) is 11.6 Å². The summed E-state index contributed by atoms with van der Waals surface area (Å²) in [4.78, 5) is 42.7. The molecule has 0 aromatic carbocycles. The SMILES string of the molecule is C[C@@]12C=C[C@@]3(O1)[C@H](C(=O)N(C1CC1)[C@H]3C(=O)NC1CCCC1)[C@@H]2C(=O)NC1CCCCC1. The Bertz CT molecular complexity index is 857. The molecule has 3 amide bonds. The number of nitrogens with one attached hydrogen (secondary N) is 2. The number of nitrogens with zero attached hydrogens (tertiary/aromatic N) is 1. The van der Waals surface area contributed by atoms with Gasteiger partial charge in [-0.25, -0.2) is 0 Å². The molecule has 7 heteroatoms. The van der Waals surface area contributed by atoms with Crippen LogP contribution in [0, 0.1) is 11.8 Å². The van der Waals surface area contributed by atoms with Gasteiger partial charge in [0.25, 0.3) is 0 Å². The second kappa shape index (κ2) is 7.31. The zero-order valence-corrected chi connectivity index (χ0v) is 19.0. The van der Waals surface area contributed by atoms with Crippen LogP contribution in [-0.2, 0) is 19.1 Å². The number of likely N-dealkylation sites (tertiary alicyclic amines) is 1. The molecule has 5 fully saturated rings. The van der Waals surface area contributed by atoms with E-state index in [4.69, 9.17) is 4.74 Å². The summed E-state index contributed by atoms with van der Waals surface area (Å²) in [7, 11) is 0. The van der Waals surface area contributed by atoms with Crippen molar-refractivity contribution >= 4 is 17.7 Å². The summed E-state index contributed by atoms with van der Waals surface area (Å²) in [5.74, 6) is -1.48. The lowest BCUT2D eigenvalue weighted by molar-refractivity contribution is -0.146. The lowest BCUT2D eigenvalue weighted by atomic mass is 9.70. The van der Waals surface area contributed by atoms with Gasteiger partial charge >= 0.3 is 0 Å². The highest BCUT2D eigenvalue weighted by molar-refractivity contribution is 6.00. The Morgan fingerprint density at radius 1 is 0.906 bits per heavy atom. The topological polar surface area (TPSA) is 87.7 Å². The fourth-order valence-corrected chi connectivity index (χ4v) is 7.20. The number of hydrogen-bond acceptors (Lipinski definition) is 4. The van der Waals surface area contributed by atoms with Crippen molar-refractivity contribution in [2.75, 3.05) is 0 Å². The van der Waals surface area contributed by atoms with Crippen LogP contribution < -0.4 is 10.6 Å². The molecule has 6 aliphatic rings. The molecule has 0 unspecified atom stereocenters. The quantitative estimate of drug-likeness (QED) is 0.641. The Morgan fingerprint density at radius 2 is 1.50 bits per heavy atom. The first-order valence-corrected chi connectivity index (χ1v) is 12.8. The number of rotatable bonds is 5. The molecule has 32 heavy (non-hydrogen) atoms. The minimum atomic E-state index is -1.04. The Balaban J connectivity index is 1.31. The number of hydrogen-bond donors (Lipinski definition) is 2. The maximum atomic E-state index is 13.8. The van der Waals surface area contributed by atoms with E-state index in [9.17, 15) is 14.4 Å². The summed E-state index contributed by atoms with van der Waals surface area (Å²) >= 11 is 0. The lowest BCUT2D eigenvalue weighted by Crippen LogP contribution is -2.56. The maximum Gasteiger partial charge on any atom is 0.246 e. The van der Waals surface area contributed by atoms with Gasteiger partial charge in [0.2, 0.25) is 17.7 Å². The van der Waals surface area contributed by atoms with E-state index in [0.717, 1.165) is 64.2 Å². The van der Waals surface area contributed by atoms with Crippen molar-refractivity contribution in [3.05, 3.63) is 12.2 Å². The molecule has 7 nitrogen and oxygen atoms in total. The molecule has 3 saturated carbocycles. The van der Waals surface area contributed by atoms with E-state index in [1.165, 1.54) is 6.42 Å². The van der Waals surface area contributed by atoms with E-state index in [1.807, 2.05) is 19.1 Å². The van der Waals surface area contributed by atoms with Crippen molar-refractivity contribution in [2.24, 2.45) is 11.8 Å². The number of carbonyl (C=O) groups excluding carboxylic acids is 3. The van der Waals surface area contributed by atoms with Gasteiger partial charge in [-0.1, -0.05) is 44.3 Å². The van der Waals surface area contributed by atoms with Gasteiger partial charge in [0.05, 0.1) is 17.4 Å². The fourth-order valence-electron chi connectivity index (χ4n) is 7.20. The molecular formula is C25H35N3O4. The molecule has 3 heterocycles. The first-order valence-electron chi connectivity index (χ1n) is 12.8. The van der Waals surface area contributed by atoms with Crippen molar-refractivity contribution in [3.63, 3.8) is 0 Å². The normalized spacial score (nSPS) is 41.3. The highest BCUT2D eigenvalue weighted by Gasteiger charge is 2.77. The van der Waals surface area contributed by atoms with Crippen LogP contribution in [0.4, 0.5) is 0 Å². The molecule has 1 spiro atoms.